The van der Waals surface area contributed by atoms with Crippen molar-refractivity contribution in [3.63, 3.8) is 0 Å². The fourth-order valence-corrected chi connectivity index (χ4v) is 2.50. The minimum absolute atomic E-state index is 0.0177. The van der Waals surface area contributed by atoms with Crippen molar-refractivity contribution in [1.29, 1.82) is 0 Å². The Balaban J connectivity index is 1.62. The normalized spacial score (nSPS) is 10.4. The van der Waals surface area contributed by atoms with Crippen molar-refractivity contribution in [2.45, 2.75) is 13.5 Å². The van der Waals surface area contributed by atoms with Crippen molar-refractivity contribution in [3.8, 4) is 11.5 Å². The number of amides is 1. The zero-order valence-electron chi connectivity index (χ0n) is 15.3. The number of nitrogens with one attached hydrogen (secondary N) is 1. The number of anilines is 1. The van der Waals surface area contributed by atoms with Gasteiger partial charge >= 0.3 is 0 Å². The lowest BCUT2D eigenvalue weighted by atomic mass is 10.2. The van der Waals surface area contributed by atoms with Gasteiger partial charge in [0.2, 0.25) is 0 Å². The van der Waals surface area contributed by atoms with Gasteiger partial charge in [0.25, 0.3) is 11.6 Å². The average molecular weight is 382 g/mol. The van der Waals surface area contributed by atoms with E-state index in [1.54, 1.807) is 24.3 Å². The lowest BCUT2D eigenvalue weighted by Gasteiger charge is -2.10. The minimum Gasteiger partial charge on any atom is -0.495 e. The van der Waals surface area contributed by atoms with Crippen molar-refractivity contribution < 1.29 is 23.6 Å². The maximum atomic E-state index is 12.4. The Morgan fingerprint density at radius 3 is 2.57 bits per heavy atom. The van der Waals surface area contributed by atoms with Crippen LogP contribution in [0.15, 0.2) is 59.0 Å². The number of benzene rings is 2. The molecule has 0 radical (unpaired) electrons. The summed E-state index contributed by atoms with van der Waals surface area (Å²) in [4.78, 5) is 22.6. The van der Waals surface area contributed by atoms with Gasteiger partial charge in [-0.15, -0.1) is 0 Å². The molecule has 0 atom stereocenters. The van der Waals surface area contributed by atoms with Crippen molar-refractivity contribution in [2.75, 3.05) is 12.4 Å². The van der Waals surface area contributed by atoms with Crippen LogP contribution in [-0.2, 0) is 6.61 Å². The molecule has 2 aromatic carbocycles. The molecule has 1 heterocycles. The summed E-state index contributed by atoms with van der Waals surface area (Å²) in [6.07, 6.45) is 0. The molecule has 0 unspecified atom stereocenters. The first kappa shape index (κ1) is 19.0. The number of methoxy groups -OCH3 is 1. The molecule has 144 valence electrons. The first-order valence-electron chi connectivity index (χ1n) is 8.38. The first-order valence-corrected chi connectivity index (χ1v) is 8.38. The number of aryl methyl sites for hydroxylation is 1. The number of hydrogen-bond acceptors (Lipinski definition) is 6. The van der Waals surface area contributed by atoms with E-state index in [1.807, 2.05) is 13.0 Å². The highest BCUT2D eigenvalue weighted by atomic mass is 16.6. The SMILES string of the molecule is COc1ccc(C)cc1NC(=O)c1ccc(COc2ccc([N+](=O)[O-])cc2)o1. The summed E-state index contributed by atoms with van der Waals surface area (Å²) in [5.41, 5.74) is 1.51. The number of hydrogen-bond donors (Lipinski definition) is 1. The van der Waals surface area contributed by atoms with E-state index in [1.165, 1.54) is 31.4 Å². The van der Waals surface area contributed by atoms with Crippen LogP contribution in [-0.4, -0.2) is 17.9 Å². The molecule has 3 aromatic rings. The molecule has 28 heavy (non-hydrogen) atoms. The van der Waals surface area contributed by atoms with Gasteiger partial charge in [0.05, 0.1) is 17.7 Å². The molecule has 0 saturated heterocycles. The van der Waals surface area contributed by atoms with Gasteiger partial charge in [0.1, 0.15) is 23.9 Å². The second-order valence-corrected chi connectivity index (χ2v) is 5.96. The van der Waals surface area contributed by atoms with E-state index >= 15 is 0 Å². The number of nitrogens with zero attached hydrogens (tertiary/aromatic N) is 1. The Morgan fingerprint density at radius 2 is 1.89 bits per heavy atom. The van der Waals surface area contributed by atoms with Gasteiger partial charge < -0.3 is 19.2 Å². The number of nitro benzene ring substituents is 1. The fraction of sp³-hybridized carbons (Fsp3) is 0.150. The summed E-state index contributed by atoms with van der Waals surface area (Å²) in [6.45, 7) is 1.99. The summed E-state index contributed by atoms with van der Waals surface area (Å²) in [5, 5.41) is 13.4. The van der Waals surface area contributed by atoms with E-state index in [2.05, 4.69) is 5.32 Å². The van der Waals surface area contributed by atoms with Crippen molar-refractivity contribution in [3.05, 3.63) is 81.8 Å². The molecule has 0 aliphatic rings. The molecule has 3 rings (SSSR count). The maximum Gasteiger partial charge on any atom is 0.291 e. The van der Waals surface area contributed by atoms with E-state index in [9.17, 15) is 14.9 Å². The van der Waals surface area contributed by atoms with Crippen LogP contribution in [0, 0.1) is 17.0 Å². The molecule has 1 amide bonds. The Labute approximate surface area is 160 Å². The molecule has 1 N–H and O–H groups in total. The average Bonchev–Trinajstić information content (AvgIpc) is 3.16. The van der Waals surface area contributed by atoms with E-state index in [-0.39, 0.29) is 18.1 Å². The lowest BCUT2D eigenvalue weighted by molar-refractivity contribution is -0.384. The number of carbonyl (C=O) groups excluding carboxylic acids is 1. The Kier molecular flexibility index (Phi) is 5.59. The summed E-state index contributed by atoms with van der Waals surface area (Å²) in [6, 6.07) is 14.3. The zero-order valence-corrected chi connectivity index (χ0v) is 15.3. The summed E-state index contributed by atoms with van der Waals surface area (Å²) < 4.78 is 16.3. The Bertz CT molecular complexity index is 994. The number of nitro groups is 1. The summed E-state index contributed by atoms with van der Waals surface area (Å²) in [5.74, 6) is 1.17. The Morgan fingerprint density at radius 1 is 1.14 bits per heavy atom. The lowest BCUT2D eigenvalue weighted by Crippen LogP contribution is -2.12. The summed E-state index contributed by atoms with van der Waals surface area (Å²) >= 11 is 0. The van der Waals surface area contributed by atoms with Gasteiger partial charge in [0, 0.05) is 12.1 Å². The molecule has 8 heteroatoms. The zero-order chi connectivity index (χ0) is 20.1. The van der Waals surface area contributed by atoms with Crippen molar-refractivity contribution in [2.24, 2.45) is 0 Å². The van der Waals surface area contributed by atoms with Gasteiger partial charge in [-0.25, -0.2) is 0 Å². The minimum atomic E-state index is -0.482. The molecule has 0 spiro atoms. The smallest absolute Gasteiger partial charge is 0.291 e. The fourth-order valence-electron chi connectivity index (χ4n) is 2.50. The molecule has 0 saturated carbocycles. The van der Waals surface area contributed by atoms with Crippen LogP contribution in [0.1, 0.15) is 21.9 Å². The molecule has 8 nitrogen and oxygen atoms in total. The third kappa shape index (κ3) is 4.47. The van der Waals surface area contributed by atoms with E-state index < -0.39 is 10.8 Å². The van der Waals surface area contributed by atoms with Crippen LogP contribution in [0.5, 0.6) is 11.5 Å². The number of carbonyl (C=O) groups is 1. The van der Waals surface area contributed by atoms with Crippen LogP contribution >= 0.6 is 0 Å². The van der Waals surface area contributed by atoms with E-state index in [4.69, 9.17) is 13.9 Å². The quantitative estimate of drug-likeness (QED) is 0.482. The number of rotatable bonds is 7. The third-order valence-electron chi connectivity index (χ3n) is 3.92. The van der Waals surface area contributed by atoms with Crippen molar-refractivity contribution >= 4 is 17.3 Å². The largest absolute Gasteiger partial charge is 0.495 e. The first-order chi connectivity index (χ1) is 13.5. The van der Waals surface area contributed by atoms with Gasteiger partial charge in [-0.2, -0.15) is 0 Å². The van der Waals surface area contributed by atoms with Crippen LogP contribution < -0.4 is 14.8 Å². The predicted octanol–water partition coefficient (Wildman–Crippen LogP) is 4.34. The number of non-ortho nitro benzene ring substituents is 1. The maximum absolute atomic E-state index is 12.4. The monoisotopic (exact) mass is 382 g/mol. The molecule has 0 aliphatic heterocycles. The van der Waals surface area contributed by atoms with E-state index in [0.29, 0.717) is 22.9 Å². The van der Waals surface area contributed by atoms with Crippen LogP contribution in [0.2, 0.25) is 0 Å². The van der Waals surface area contributed by atoms with E-state index in [0.717, 1.165) is 5.56 Å². The molecule has 1 aromatic heterocycles. The van der Waals surface area contributed by atoms with Crippen LogP contribution in [0.25, 0.3) is 0 Å². The molecule has 0 aliphatic carbocycles. The Hall–Kier alpha value is -3.81. The van der Waals surface area contributed by atoms with Gasteiger partial charge in [0.15, 0.2) is 5.76 Å². The highest BCUT2D eigenvalue weighted by Crippen LogP contribution is 2.26. The number of ether oxygens (including phenoxy) is 2. The molecular weight excluding hydrogens is 364 g/mol. The second-order valence-electron chi connectivity index (χ2n) is 5.96. The van der Waals surface area contributed by atoms with Crippen LogP contribution in [0.3, 0.4) is 0 Å². The topological polar surface area (TPSA) is 104 Å². The molecular formula is C20H18N2O6. The van der Waals surface area contributed by atoms with Gasteiger partial charge in [-0.05, 0) is 48.9 Å². The predicted molar refractivity (Wildman–Crippen MR) is 102 cm³/mol. The standard InChI is InChI=1S/C20H18N2O6/c1-13-3-9-18(26-2)17(11-13)21-20(23)19-10-8-16(28-19)12-27-15-6-4-14(5-7-15)22(24)25/h3-11H,12H2,1-2H3,(H,21,23). The molecule has 0 fully saturated rings. The highest BCUT2D eigenvalue weighted by Gasteiger charge is 2.14. The highest BCUT2D eigenvalue weighted by molar-refractivity contribution is 6.03. The van der Waals surface area contributed by atoms with Gasteiger partial charge in [-0.3, -0.25) is 14.9 Å². The summed E-state index contributed by atoms with van der Waals surface area (Å²) in [7, 11) is 1.53. The van der Waals surface area contributed by atoms with Gasteiger partial charge in [-0.1, -0.05) is 6.07 Å². The molecule has 0 bridgehead atoms. The van der Waals surface area contributed by atoms with Crippen LogP contribution in [0.4, 0.5) is 11.4 Å². The third-order valence-corrected chi connectivity index (χ3v) is 3.92. The number of furan rings is 1. The van der Waals surface area contributed by atoms with Crippen molar-refractivity contribution in [1.82, 2.24) is 0 Å². The second kappa shape index (κ2) is 8.26.